The SMILES string of the molecule is CCCCC(Oc1ccc(C2(c3ccccc3)OCCO2)cc1)C(=O)O. The van der Waals surface area contributed by atoms with Gasteiger partial charge in [0.2, 0.25) is 5.79 Å². The number of hydrogen-bond acceptors (Lipinski definition) is 4. The minimum atomic E-state index is -0.939. The van der Waals surface area contributed by atoms with Crippen molar-refractivity contribution >= 4 is 5.97 Å². The molecule has 1 aliphatic rings. The molecule has 0 aromatic heterocycles. The van der Waals surface area contributed by atoms with Crippen molar-refractivity contribution < 1.29 is 24.1 Å². The van der Waals surface area contributed by atoms with Crippen LogP contribution in [0.5, 0.6) is 5.75 Å². The van der Waals surface area contributed by atoms with E-state index in [1.54, 1.807) is 12.1 Å². The lowest BCUT2D eigenvalue weighted by Gasteiger charge is -2.28. The van der Waals surface area contributed by atoms with Gasteiger partial charge in [-0.25, -0.2) is 4.79 Å². The van der Waals surface area contributed by atoms with Crippen molar-refractivity contribution in [1.82, 2.24) is 0 Å². The van der Waals surface area contributed by atoms with Crippen molar-refractivity contribution in [2.24, 2.45) is 0 Å². The van der Waals surface area contributed by atoms with E-state index in [1.807, 2.05) is 49.4 Å². The van der Waals surface area contributed by atoms with Crippen molar-refractivity contribution in [3.8, 4) is 5.75 Å². The van der Waals surface area contributed by atoms with Crippen molar-refractivity contribution in [3.05, 3.63) is 65.7 Å². The zero-order valence-corrected chi connectivity index (χ0v) is 14.9. The normalized spacial score (nSPS) is 17.0. The van der Waals surface area contributed by atoms with Gasteiger partial charge in [0.15, 0.2) is 6.10 Å². The molecule has 0 radical (unpaired) electrons. The number of hydrogen-bond donors (Lipinski definition) is 1. The first kappa shape index (κ1) is 18.4. The van der Waals surface area contributed by atoms with Gasteiger partial charge in [-0.05, 0) is 37.1 Å². The first-order valence-electron chi connectivity index (χ1n) is 8.99. The lowest BCUT2D eigenvalue weighted by Crippen LogP contribution is -2.29. The molecule has 2 aromatic rings. The van der Waals surface area contributed by atoms with E-state index in [-0.39, 0.29) is 0 Å². The largest absolute Gasteiger partial charge is 0.479 e. The molecule has 5 heteroatoms. The highest BCUT2D eigenvalue weighted by Gasteiger charge is 2.40. The monoisotopic (exact) mass is 356 g/mol. The molecule has 1 N–H and O–H groups in total. The van der Waals surface area contributed by atoms with Crippen molar-refractivity contribution in [2.45, 2.75) is 38.1 Å². The maximum Gasteiger partial charge on any atom is 0.344 e. The standard InChI is InChI=1S/C21H24O5/c1-2-3-9-19(20(22)23)26-18-12-10-17(11-13-18)21(24-14-15-25-21)16-7-5-4-6-8-16/h4-8,10-13,19H,2-3,9,14-15H2,1H3,(H,22,23). The summed E-state index contributed by atoms with van der Waals surface area (Å²) in [4.78, 5) is 11.4. The second-order valence-electron chi connectivity index (χ2n) is 6.29. The number of unbranched alkanes of at least 4 members (excludes halogenated alkanes) is 1. The minimum absolute atomic E-state index is 0.494. The highest BCUT2D eigenvalue weighted by Crippen LogP contribution is 2.38. The summed E-state index contributed by atoms with van der Waals surface area (Å²) in [7, 11) is 0. The summed E-state index contributed by atoms with van der Waals surface area (Å²) in [5.41, 5.74) is 1.78. The summed E-state index contributed by atoms with van der Waals surface area (Å²) in [5.74, 6) is -1.34. The highest BCUT2D eigenvalue weighted by atomic mass is 16.7. The smallest absolute Gasteiger partial charge is 0.344 e. The quantitative estimate of drug-likeness (QED) is 0.776. The predicted molar refractivity (Wildman–Crippen MR) is 97.1 cm³/mol. The Bertz CT molecular complexity index is 705. The summed E-state index contributed by atoms with van der Waals surface area (Å²) in [6.45, 7) is 3.06. The van der Waals surface area contributed by atoms with Crippen LogP contribution in [0.1, 0.15) is 37.3 Å². The summed E-state index contributed by atoms with van der Waals surface area (Å²) in [6, 6.07) is 17.1. The van der Waals surface area contributed by atoms with Crippen LogP contribution in [0.15, 0.2) is 54.6 Å². The van der Waals surface area contributed by atoms with Gasteiger partial charge in [-0.3, -0.25) is 0 Å². The van der Waals surface area contributed by atoms with Crippen LogP contribution in [0.4, 0.5) is 0 Å². The number of benzene rings is 2. The molecule has 0 bridgehead atoms. The molecule has 0 spiro atoms. The Morgan fingerprint density at radius 1 is 1.08 bits per heavy atom. The zero-order chi connectivity index (χ0) is 18.4. The van der Waals surface area contributed by atoms with E-state index in [0.717, 1.165) is 24.0 Å². The lowest BCUT2D eigenvalue weighted by atomic mass is 9.97. The van der Waals surface area contributed by atoms with E-state index >= 15 is 0 Å². The van der Waals surface area contributed by atoms with Crippen molar-refractivity contribution in [3.63, 3.8) is 0 Å². The fraction of sp³-hybridized carbons (Fsp3) is 0.381. The third-order valence-corrected chi connectivity index (χ3v) is 4.46. The average molecular weight is 356 g/mol. The van der Waals surface area contributed by atoms with E-state index in [9.17, 15) is 9.90 Å². The molecule has 1 heterocycles. The summed E-state index contributed by atoms with van der Waals surface area (Å²) >= 11 is 0. The Morgan fingerprint density at radius 2 is 1.69 bits per heavy atom. The molecule has 1 saturated heterocycles. The Morgan fingerprint density at radius 3 is 2.27 bits per heavy atom. The molecule has 1 aliphatic heterocycles. The highest BCUT2D eigenvalue weighted by molar-refractivity contribution is 5.72. The summed E-state index contributed by atoms with van der Waals surface area (Å²) in [5, 5.41) is 9.31. The summed E-state index contributed by atoms with van der Waals surface area (Å²) in [6.07, 6.45) is 1.41. The minimum Gasteiger partial charge on any atom is -0.479 e. The van der Waals surface area contributed by atoms with Gasteiger partial charge in [0, 0.05) is 11.1 Å². The molecule has 1 fully saturated rings. The molecule has 0 aliphatic carbocycles. The van der Waals surface area contributed by atoms with Crippen molar-refractivity contribution in [1.29, 1.82) is 0 Å². The first-order valence-corrected chi connectivity index (χ1v) is 8.99. The van der Waals surface area contributed by atoms with Crippen LogP contribution in [-0.4, -0.2) is 30.4 Å². The Labute approximate surface area is 153 Å². The van der Waals surface area contributed by atoms with Gasteiger partial charge in [-0.1, -0.05) is 43.7 Å². The molecule has 1 atom stereocenters. The molecule has 138 valence electrons. The van der Waals surface area contributed by atoms with Crippen LogP contribution >= 0.6 is 0 Å². The maximum atomic E-state index is 11.4. The van der Waals surface area contributed by atoms with Gasteiger partial charge >= 0.3 is 5.97 Å². The zero-order valence-electron chi connectivity index (χ0n) is 14.9. The number of ether oxygens (including phenoxy) is 3. The van der Waals surface area contributed by atoms with Gasteiger partial charge in [-0.2, -0.15) is 0 Å². The Balaban J connectivity index is 1.81. The lowest BCUT2D eigenvalue weighted by molar-refractivity contribution is -0.145. The maximum absolute atomic E-state index is 11.4. The predicted octanol–water partition coefficient (Wildman–Crippen LogP) is 3.96. The number of carboxylic acid groups (broad SMARTS) is 1. The van der Waals surface area contributed by atoms with E-state index in [2.05, 4.69) is 0 Å². The number of carbonyl (C=O) groups is 1. The average Bonchev–Trinajstić information content (AvgIpc) is 3.17. The molecule has 0 saturated carbocycles. The molecule has 1 unspecified atom stereocenters. The molecule has 2 aromatic carbocycles. The third kappa shape index (κ3) is 3.89. The van der Waals surface area contributed by atoms with Gasteiger partial charge < -0.3 is 19.3 Å². The van der Waals surface area contributed by atoms with Crippen molar-refractivity contribution in [2.75, 3.05) is 13.2 Å². The number of aliphatic carboxylic acids is 1. The second kappa shape index (κ2) is 8.34. The van der Waals surface area contributed by atoms with Crippen LogP contribution in [0, 0.1) is 0 Å². The van der Waals surface area contributed by atoms with E-state index in [0.29, 0.717) is 25.4 Å². The fourth-order valence-electron chi connectivity index (χ4n) is 3.11. The number of rotatable bonds is 8. The van der Waals surface area contributed by atoms with Crippen LogP contribution in [0.3, 0.4) is 0 Å². The number of carboxylic acids is 1. The first-order chi connectivity index (χ1) is 12.7. The molecule has 0 amide bonds. The molecular formula is C21H24O5. The van der Waals surface area contributed by atoms with E-state index in [4.69, 9.17) is 14.2 Å². The van der Waals surface area contributed by atoms with Gasteiger partial charge in [-0.15, -0.1) is 0 Å². The van der Waals surface area contributed by atoms with Crippen LogP contribution in [-0.2, 0) is 20.1 Å². The third-order valence-electron chi connectivity index (χ3n) is 4.46. The fourth-order valence-corrected chi connectivity index (χ4v) is 3.11. The molecule has 26 heavy (non-hydrogen) atoms. The topological polar surface area (TPSA) is 65.0 Å². The molecular weight excluding hydrogens is 332 g/mol. The van der Waals surface area contributed by atoms with Crippen LogP contribution in [0.25, 0.3) is 0 Å². The van der Waals surface area contributed by atoms with Gasteiger partial charge in [0.05, 0.1) is 13.2 Å². The molecule has 3 rings (SSSR count). The van der Waals surface area contributed by atoms with E-state index < -0.39 is 17.9 Å². The van der Waals surface area contributed by atoms with Crippen LogP contribution < -0.4 is 4.74 Å². The van der Waals surface area contributed by atoms with Gasteiger partial charge in [0.1, 0.15) is 5.75 Å². The summed E-state index contributed by atoms with van der Waals surface area (Å²) < 4.78 is 17.6. The van der Waals surface area contributed by atoms with Gasteiger partial charge in [0.25, 0.3) is 0 Å². The Kier molecular flexibility index (Phi) is 5.91. The Hall–Kier alpha value is -2.37. The molecule has 5 nitrogen and oxygen atoms in total. The van der Waals surface area contributed by atoms with E-state index in [1.165, 1.54) is 0 Å². The second-order valence-corrected chi connectivity index (χ2v) is 6.29. The van der Waals surface area contributed by atoms with Crippen LogP contribution in [0.2, 0.25) is 0 Å².